The highest BCUT2D eigenvalue weighted by atomic mass is 19.4. The molecule has 1 saturated heterocycles. The molecule has 5 heteroatoms. The maximum absolute atomic E-state index is 11.8. The van der Waals surface area contributed by atoms with Gasteiger partial charge in [0, 0.05) is 0 Å². The molecule has 0 bridgehead atoms. The summed E-state index contributed by atoms with van der Waals surface area (Å²) in [6.45, 7) is -0.616. The van der Waals surface area contributed by atoms with Crippen LogP contribution in [0.4, 0.5) is 13.2 Å². The van der Waals surface area contributed by atoms with Gasteiger partial charge in [-0.3, -0.25) is 0 Å². The second kappa shape index (κ2) is 2.39. The molecule has 2 atom stereocenters. The first kappa shape index (κ1) is 7.81. The van der Waals surface area contributed by atoms with Crippen LogP contribution >= 0.6 is 0 Å². The number of hydrogen-bond acceptors (Lipinski definition) is 2. The number of rotatable bonds is 0. The Morgan fingerprint density at radius 1 is 1.30 bits per heavy atom. The van der Waals surface area contributed by atoms with E-state index in [1.807, 2.05) is 0 Å². The lowest BCUT2D eigenvalue weighted by molar-refractivity contribution is -0.190. The van der Waals surface area contributed by atoms with E-state index in [4.69, 9.17) is 5.11 Å². The highest BCUT2D eigenvalue weighted by Gasteiger charge is 2.47. The lowest BCUT2D eigenvalue weighted by Gasteiger charge is -2.15. The molecular weight excluding hydrogens is 149 g/mol. The molecule has 1 fully saturated rings. The van der Waals surface area contributed by atoms with Crippen LogP contribution < -0.4 is 0 Å². The monoisotopic (exact) mass is 156 g/mol. The molecule has 1 N–H and O–H groups in total. The zero-order chi connectivity index (χ0) is 7.78. The van der Waals surface area contributed by atoms with E-state index >= 15 is 0 Å². The first-order chi connectivity index (χ1) is 4.52. The van der Waals surface area contributed by atoms with E-state index in [2.05, 4.69) is 4.74 Å². The van der Waals surface area contributed by atoms with Gasteiger partial charge >= 0.3 is 6.18 Å². The minimum absolute atomic E-state index is 0.204. The highest BCUT2D eigenvalue weighted by molar-refractivity contribution is 4.79. The maximum Gasteiger partial charge on any atom is 0.396 e. The summed E-state index contributed by atoms with van der Waals surface area (Å²) in [4.78, 5) is 0. The van der Waals surface area contributed by atoms with Crippen molar-refractivity contribution in [3.8, 4) is 0 Å². The molecule has 0 aromatic heterocycles. The minimum atomic E-state index is -4.32. The third-order valence-corrected chi connectivity index (χ3v) is 1.47. The maximum atomic E-state index is 11.8. The van der Waals surface area contributed by atoms with Crippen molar-refractivity contribution in [2.45, 2.75) is 12.3 Å². The average Bonchev–Trinajstić information content (AvgIpc) is 2.11. The highest BCUT2D eigenvalue weighted by Crippen LogP contribution is 2.32. The quantitative estimate of drug-likeness (QED) is 0.555. The number of halogens is 3. The zero-order valence-electron chi connectivity index (χ0n) is 5.06. The molecule has 60 valence electrons. The lowest BCUT2D eigenvalue weighted by Crippen LogP contribution is -2.32. The molecule has 0 spiro atoms. The van der Waals surface area contributed by atoms with Gasteiger partial charge in [-0.2, -0.15) is 13.2 Å². The summed E-state index contributed by atoms with van der Waals surface area (Å²) in [5.74, 6) is -1.69. The Hall–Kier alpha value is -0.290. The smallest absolute Gasteiger partial charge is 0.390 e. The van der Waals surface area contributed by atoms with Gasteiger partial charge in [0.2, 0.25) is 0 Å². The predicted molar refractivity (Wildman–Crippen MR) is 26.4 cm³/mol. The molecule has 2 unspecified atom stereocenters. The van der Waals surface area contributed by atoms with Gasteiger partial charge in [0.1, 0.15) is 5.92 Å². The van der Waals surface area contributed by atoms with Crippen LogP contribution in [0.15, 0.2) is 0 Å². The van der Waals surface area contributed by atoms with Crippen LogP contribution in [0, 0.1) is 5.92 Å². The van der Waals surface area contributed by atoms with Gasteiger partial charge in [-0.1, -0.05) is 0 Å². The number of aliphatic hydroxyl groups is 1. The van der Waals surface area contributed by atoms with E-state index in [1.165, 1.54) is 0 Å². The number of aliphatic hydroxyl groups excluding tert-OH is 1. The van der Waals surface area contributed by atoms with Crippen LogP contribution in [-0.4, -0.2) is 30.6 Å². The SMILES string of the molecule is OC1COCC1C(F)(F)F. The molecule has 0 aliphatic carbocycles. The van der Waals surface area contributed by atoms with Crippen LogP contribution in [0.5, 0.6) is 0 Å². The molecule has 1 aliphatic heterocycles. The van der Waals surface area contributed by atoms with Crippen LogP contribution in [0.3, 0.4) is 0 Å². The molecule has 10 heavy (non-hydrogen) atoms. The molecule has 0 aromatic carbocycles. The zero-order valence-corrected chi connectivity index (χ0v) is 5.06. The van der Waals surface area contributed by atoms with E-state index < -0.39 is 24.8 Å². The molecular formula is C5H7F3O2. The summed E-state index contributed by atoms with van der Waals surface area (Å²) in [5, 5.41) is 8.68. The van der Waals surface area contributed by atoms with Crippen molar-refractivity contribution in [1.82, 2.24) is 0 Å². The van der Waals surface area contributed by atoms with Gasteiger partial charge in [-0.25, -0.2) is 0 Å². The molecule has 1 aliphatic rings. The van der Waals surface area contributed by atoms with Crippen LogP contribution in [-0.2, 0) is 4.74 Å². The van der Waals surface area contributed by atoms with Crippen LogP contribution in [0.25, 0.3) is 0 Å². The van der Waals surface area contributed by atoms with E-state index in [0.717, 1.165) is 0 Å². The summed E-state index contributed by atoms with van der Waals surface area (Å²) in [7, 11) is 0. The van der Waals surface area contributed by atoms with E-state index in [1.54, 1.807) is 0 Å². The molecule has 0 saturated carbocycles. The molecule has 1 rings (SSSR count). The van der Waals surface area contributed by atoms with Crippen molar-refractivity contribution in [2.75, 3.05) is 13.2 Å². The van der Waals surface area contributed by atoms with Crippen LogP contribution in [0.2, 0.25) is 0 Å². The molecule has 0 amide bonds. The van der Waals surface area contributed by atoms with Gasteiger partial charge in [-0.05, 0) is 0 Å². The first-order valence-electron chi connectivity index (χ1n) is 2.84. The van der Waals surface area contributed by atoms with Crippen molar-refractivity contribution in [3.63, 3.8) is 0 Å². The summed E-state index contributed by atoms with van der Waals surface area (Å²) < 4.78 is 39.7. The summed E-state index contributed by atoms with van der Waals surface area (Å²) in [5.41, 5.74) is 0. The van der Waals surface area contributed by atoms with E-state index in [-0.39, 0.29) is 6.61 Å². The Balaban J connectivity index is 2.55. The second-order valence-corrected chi connectivity index (χ2v) is 2.25. The largest absolute Gasteiger partial charge is 0.396 e. The van der Waals surface area contributed by atoms with Gasteiger partial charge in [0.05, 0.1) is 19.3 Å². The van der Waals surface area contributed by atoms with Gasteiger partial charge in [0.15, 0.2) is 0 Å². The summed E-state index contributed by atoms with van der Waals surface area (Å²) in [6, 6.07) is 0. The van der Waals surface area contributed by atoms with Crippen molar-refractivity contribution in [1.29, 1.82) is 0 Å². The first-order valence-corrected chi connectivity index (χ1v) is 2.84. The number of ether oxygens (including phenoxy) is 1. The van der Waals surface area contributed by atoms with Crippen molar-refractivity contribution >= 4 is 0 Å². The lowest BCUT2D eigenvalue weighted by atomic mass is 10.1. The topological polar surface area (TPSA) is 29.5 Å². The summed E-state index contributed by atoms with van der Waals surface area (Å²) >= 11 is 0. The normalized spacial score (nSPS) is 34.8. The average molecular weight is 156 g/mol. The van der Waals surface area contributed by atoms with Crippen molar-refractivity contribution in [3.05, 3.63) is 0 Å². The van der Waals surface area contributed by atoms with E-state index in [9.17, 15) is 13.2 Å². The van der Waals surface area contributed by atoms with Crippen molar-refractivity contribution < 1.29 is 23.0 Å². The third-order valence-electron chi connectivity index (χ3n) is 1.47. The molecule has 0 radical (unpaired) electrons. The summed E-state index contributed by atoms with van der Waals surface area (Å²) in [6.07, 6.45) is -5.70. The second-order valence-electron chi connectivity index (χ2n) is 2.25. The van der Waals surface area contributed by atoms with Gasteiger partial charge in [-0.15, -0.1) is 0 Å². The van der Waals surface area contributed by atoms with Gasteiger partial charge in [0.25, 0.3) is 0 Å². The standard InChI is InChI=1S/C5H7F3O2/c6-5(7,8)3-1-10-2-4(3)9/h3-4,9H,1-2H2. The Kier molecular flexibility index (Phi) is 1.87. The number of alkyl halides is 3. The molecule has 0 aromatic rings. The molecule has 1 heterocycles. The fourth-order valence-corrected chi connectivity index (χ4v) is 0.856. The van der Waals surface area contributed by atoms with E-state index in [0.29, 0.717) is 0 Å². The Bertz CT molecular complexity index is 123. The minimum Gasteiger partial charge on any atom is -0.390 e. The Labute approximate surface area is 55.6 Å². The fraction of sp³-hybridized carbons (Fsp3) is 1.00. The Morgan fingerprint density at radius 3 is 2.10 bits per heavy atom. The fourth-order valence-electron chi connectivity index (χ4n) is 0.856. The van der Waals surface area contributed by atoms with Crippen LogP contribution in [0.1, 0.15) is 0 Å². The van der Waals surface area contributed by atoms with Crippen molar-refractivity contribution in [2.24, 2.45) is 5.92 Å². The van der Waals surface area contributed by atoms with Gasteiger partial charge < -0.3 is 9.84 Å². The number of hydrogen-bond donors (Lipinski definition) is 1. The predicted octanol–water partition coefficient (Wildman–Crippen LogP) is 0.556. The third kappa shape index (κ3) is 1.41. The molecule has 2 nitrogen and oxygen atoms in total. The Morgan fingerprint density at radius 2 is 1.90 bits per heavy atom.